The Morgan fingerprint density at radius 2 is 2.12 bits per heavy atom. The van der Waals surface area contributed by atoms with Crippen LogP contribution in [0.3, 0.4) is 0 Å². The van der Waals surface area contributed by atoms with Crippen molar-refractivity contribution in [3.63, 3.8) is 0 Å². The lowest BCUT2D eigenvalue weighted by Crippen LogP contribution is -2.35. The molecule has 0 aliphatic heterocycles. The van der Waals surface area contributed by atoms with Crippen molar-refractivity contribution >= 4 is 0 Å². The molecule has 0 aromatic carbocycles. The first-order valence-corrected chi connectivity index (χ1v) is 6.18. The molecule has 2 atom stereocenters. The van der Waals surface area contributed by atoms with Crippen LogP contribution < -0.4 is 5.73 Å². The number of furan rings is 1. The van der Waals surface area contributed by atoms with Gasteiger partial charge in [0.05, 0.1) is 6.10 Å². The van der Waals surface area contributed by atoms with Crippen LogP contribution in [0.25, 0.3) is 0 Å². The highest BCUT2D eigenvalue weighted by molar-refractivity contribution is 5.04. The zero-order valence-corrected chi connectivity index (χ0v) is 9.95. The number of nitrogens with two attached hydrogens (primary N) is 1. The second-order valence-electron chi connectivity index (χ2n) is 4.66. The standard InChI is InChI=1S/C13H21NO2/c1-10-7-8-11(16-10)9-15-13-6-4-2-3-5-12(13)14/h7-8,12-13H,2-6,9,14H2,1H3. The third kappa shape index (κ3) is 3.09. The molecule has 2 rings (SSSR count). The average Bonchev–Trinajstić information content (AvgIpc) is 2.56. The van der Waals surface area contributed by atoms with E-state index >= 15 is 0 Å². The summed E-state index contributed by atoms with van der Waals surface area (Å²) in [4.78, 5) is 0. The van der Waals surface area contributed by atoms with Gasteiger partial charge in [0, 0.05) is 6.04 Å². The number of aryl methyl sites for hydroxylation is 1. The van der Waals surface area contributed by atoms with E-state index in [-0.39, 0.29) is 12.1 Å². The molecule has 0 radical (unpaired) electrons. The summed E-state index contributed by atoms with van der Waals surface area (Å²) in [5.74, 6) is 1.83. The highest BCUT2D eigenvalue weighted by atomic mass is 16.5. The Morgan fingerprint density at radius 1 is 1.31 bits per heavy atom. The number of ether oxygens (including phenoxy) is 1. The van der Waals surface area contributed by atoms with Crippen LogP contribution in [0.2, 0.25) is 0 Å². The van der Waals surface area contributed by atoms with Crippen LogP contribution in [0.4, 0.5) is 0 Å². The van der Waals surface area contributed by atoms with Gasteiger partial charge in [0.2, 0.25) is 0 Å². The summed E-state index contributed by atoms with van der Waals surface area (Å²) in [6.07, 6.45) is 6.12. The molecule has 0 saturated heterocycles. The maximum atomic E-state index is 6.09. The van der Waals surface area contributed by atoms with Gasteiger partial charge in [0.25, 0.3) is 0 Å². The maximum absolute atomic E-state index is 6.09. The minimum Gasteiger partial charge on any atom is -0.464 e. The van der Waals surface area contributed by atoms with Crippen LogP contribution in [0.5, 0.6) is 0 Å². The quantitative estimate of drug-likeness (QED) is 0.801. The van der Waals surface area contributed by atoms with E-state index in [0.29, 0.717) is 6.61 Å². The third-order valence-corrected chi connectivity index (χ3v) is 3.24. The summed E-state index contributed by atoms with van der Waals surface area (Å²) in [6.45, 7) is 2.49. The summed E-state index contributed by atoms with van der Waals surface area (Å²) in [5.41, 5.74) is 6.09. The van der Waals surface area contributed by atoms with Crippen molar-refractivity contribution in [1.82, 2.24) is 0 Å². The molecule has 0 bridgehead atoms. The molecule has 0 spiro atoms. The Balaban J connectivity index is 1.83. The van der Waals surface area contributed by atoms with Gasteiger partial charge < -0.3 is 14.9 Å². The van der Waals surface area contributed by atoms with E-state index in [2.05, 4.69) is 0 Å². The monoisotopic (exact) mass is 223 g/mol. The lowest BCUT2D eigenvalue weighted by Gasteiger charge is -2.21. The fourth-order valence-corrected chi connectivity index (χ4v) is 2.26. The van der Waals surface area contributed by atoms with E-state index in [1.165, 1.54) is 19.3 Å². The molecule has 1 aromatic rings. The van der Waals surface area contributed by atoms with Gasteiger partial charge in [-0.05, 0) is 31.9 Å². The Kier molecular flexibility index (Phi) is 4.02. The van der Waals surface area contributed by atoms with Crippen molar-refractivity contribution < 1.29 is 9.15 Å². The smallest absolute Gasteiger partial charge is 0.129 e. The molecule has 1 aliphatic rings. The SMILES string of the molecule is Cc1ccc(COC2CCCCCC2N)o1. The number of hydrogen-bond acceptors (Lipinski definition) is 3. The Hall–Kier alpha value is -0.800. The number of rotatable bonds is 3. The predicted molar refractivity (Wildman–Crippen MR) is 63.1 cm³/mol. The van der Waals surface area contributed by atoms with Crippen LogP contribution in [0, 0.1) is 6.92 Å². The van der Waals surface area contributed by atoms with Gasteiger partial charge >= 0.3 is 0 Å². The van der Waals surface area contributed by atoms with Gasteiger partial charge in [-0.15, -0.1) is 0 Å². The molecular formula is C13H21NO2. The molecule has 3 heteroatoms. The Morgan fingerprint density at radius 3 is 2.88 bits per heavy atom. The first-order valence-electron chi connectivity index (χ1n) is 6.18. The fraction of sp³-hybridized carbons (Fsp3) is 0.692. The van der Waals surface area contributed by atoms with E-state index in [0.717, 1.165) is 24.4 Å². The molecule has 3 nitrogen and oxygen atoms in total. The second kappa shape index (κ2) is 5.51. The largest absolute Gasteiger partial charge is 0.464 e. The van der Waals surface area contributed by atoms with Crippen LogP contribution in [0.1, 0.15) is 43.6 Å². The first kappa shape index (κ1) is 11.7. The van der Waals surface area contributed by atoms with Gasteiger partial charge in [-0.2, -0.15) is 0 Å². The summed E-state index contributed by atoms with van der Waals surface area (Å²) >= 11 is 0. The summed E-state index contributed by atoms with van der Waals surface area (Å²) < 4.78 is 11.3. The molecular weight excluding hydrogens is 202 g/mol. The lowest BCUT2D eigenvalue weighted by molar-refractivity contribution is 0.0108. The van der Waals surface area contributed by atoms with E-state index in [1.54, 1.807) is 0 Å². The highest BCUT2D eigenvalue weighted by Crippen LogP contribution is 2.20. The molecule has 0 amide bonds. The van der Waals surface area contributed by atoms with Gasteiger partial charge in [-0.25, -0.2) is 0 Å². The van der Waals surface area contributed by atoms with Crippen molar-refractivity contribution in [3.05, 3.63) is 23.7 Å². The summed E-state index contributed by atoms with van der Waals surface area (Å²) in [6, 6.07) is 4.13. The molecule has 1 heterocycles. The minimum absolute atomic E-state index is 0.193. The van der Waals surface area contributed by atoms with Crippen LogP contribution in [-0.4, -0.2) is 12.1 Å². The van der Waals surface area contributed by atoms with Crippen molar-refractivity contribution in [2.75, 3.05) is 0 Å². The summed E-state index contributed by atoms with van der Waals surface area (Å²) in [5, 5.41) is 0. The van der Waals surface area contributed by atoms with Gasteiger partial charge in [-0.1, -0.05) is 19.3 Å². The van der Waals surface area contributed by atoms with Gasteiger partial charge in [0.1, 0.15) is 18.1 Å². The third-order valence-electron chi connectivity index (χ3n) is 3.24. The van der Waals surface area contributed by atoms with Gasteiger partial charge in [-0.3, -0.25) is 0 Å². The van der Waals surface area contributed by atoms with Crippen molar-refractivity contribution in [2.45, 2.75) is 57.8 Å². The topological polar surface area (TPSA) is 48.4 Å². The molecule has 2 N–H and O–H groups in total. The first-order chi connectivity index (χ1) is 7.75. The predicted octanol–water partition coefficient (Wildman–Crippen LogP) is 2.76. The van der Waals surface area contributed by atoms with E-state index in [4.69, 9.17) is 14.9 Å². The van der Waals surface area contributed by atoms with Gasteiger partial charge in [0.15, 0.2) is 0 Å². The van der Waals surface area contributed by atoms with Crippen molar-refractivity contribution in [2.24, 2.45) is 5.73 Å². The maximum Gasteiger partial charge on any atom is 0.129 e. The second-order valence-corrected chi connectivity index (χ2v) is 4.66. The zero-order valence-electron chi connectivity index (χ0n) is 9.95. The molecule has 1 aliphatic carbocycles. The molecule has 16 heavy (non-hydrogen) atoms. The molecule has 1 aromatic heterocycles. The van der Waals surface area contributed by atoms with E-state index in [9.17, 15) is 0 Å². The molecule has 90 valence electrons. The highest BCUT2D eigenvalue weighted by Gasteiger charge is 2.21. The van der Waals surface area contributed by atoms with Crippen LogP contribution in [0.15, 0.2) is 16.5 Å². The van der Waals surface area contributed by atoms with E-state index in [1.807, 2.05) is 19.1 Å². The lowest BCUT2D eigenvalue weighted by atomic mass is 10.1. The van der Waals surface area contributed by atoms with Crippen LogP contribution >= 0.6 is 0 Å². The molecule has 1 saturated carbocycles. The normalized spacial score (nSPS) is 26.6. The molecule has 1 fully saturated rings. The van der Waals surface area contributed by atoms with Crippen molar-refractivity contribution in [3.8, 4) is 0 Å². The van der Waals surface area contributed by atoms with E-state index < -0.39 is 0 Å². The van der Waals surface area contributed by atoms with Crippen LogP contribution in [-0.2, 0) is 11.3 Å². The molecule has 2 unspecified atom stereocenters. The Bertz CT molecular complexity index is 321. The average molecular weight is 223 g/mol. The minimum atomic E-state index is 0.193. The zero-order chi connectivity index (χ0) is 11.4. The summed E-state index contributed by atoms with van der Waals surface area (Å²) in [7, 11) is 0. The fourth-order valence-electron chi connectivity index (χ4n) is 2.26. The van der Waals surface area contributed by atoms with Crippen molar-refractivity contribution in [1.29, 1.82) is 0 Å². The number of hydrogen-bond donors (Lipinski definition) is 1. The Labute approximate surface area is 97.0 Å².